The van der Waals surface area contributed by atoms with Crippen LogP contribution < -0.4 is 5.32 Å². The first kappa shape index (κ1) is 11.9. The van der Waals surface area contributed by atoms with Crippen molar-refractivity contribution in [3.05, 3.63) is 40.6 Å². The molecule has 4 nitrogen and oxygen atoms in total. The molecule has 2 heterocycles. The van der Waals surface area contributed by atoms with Crippen molar-refractivity contribution in [2.45, 2.75) is 26.9 Å². The molecule has 1 N–H and O–H groups in total. The Balaban J connectivity index is 2.05. The Hall–Kier alpha value is -1.62. The number of aryl methyl sites for hydroxylation is 2. The minimum Gasteiger partial charge on any atom is -0.349 e. The Labute approximate surface area is 105 Å². The molecule has 0 spiro atoms. The Morgan fingerprint density at radius 3 is 2.88 bits per heavy atom. The van der Waals surface area contributed by atoms with E-state index in [0.29, 0.717) is 6.54 Å². The van der Waals surface area contributed by atoms with Crippen LogP contribution in [0.1, 0.15) is 16.4 Å². The van der Waals surface area contributed by atoms with E-state index in [2.05, 4.69) is 27.2 Å². The topological polar surface area (TPSA) is 42.7 Å². The molecule has 0 unspecified atom stereocenters. The van der Waals surface area contributed by atoms with Crippen LogP contribution in [0.2, 0.25) is 0 Å². The minimum absolute atomic E-state index is 0.714. The van der Waals surface area contributed by atoms with E-state index in [9.17, 15) is 0 Å². The maximum Gasteiger partial charge on any atom is 0.203 e. The van der Waals surface area contributed by atoms with E-state index in [1.54, 1.807) is 11.3 Å². The second-order valence-corrected chi connectivity index (χ2v) is 4.83. The lowest BCUT2D eigenvalue weighted by Gasteiger charge is -2.05. The molecule has 2 aromatic rings. The van der Waals surface area contributed by atoms with Crippen LogP contribution in [0.15, 0.2) is 24.2 Å². The van der Waals surface area contributed by atoms with Crippen molar-refractivity contribution in [2.75, 3.05) is 5.32 Å². The fraction of sp³-hybridized carbons (Fsp3) is 0.333. The third kappa shape index (κ3) is 2.94. The quantitative estimate of drug-likeness (QED) is 0.827. The van der Waals surface area contributed by atoms with Crippen LogP contribution in [-0.4, -0.2) is 14.5 Å². The Kier molecular flexibility index (Phi) is 3.58. The number of hydrogen-bond acceptors (Lipinski definition) is 4. The molecule has 0 saturated heterocycles. The van der Waals surface area contributed by atoms with Gasteiger partial charge >= 0.3 is 0 Å². The molecule has 0 amide bonds. The van der Waals surface area contributed by atoms with Gasteiger partial charge in [-0.25, -0.2) is 9.97 Å². The smallest absolute Gasteiger partial charge is 0.203 e. The molecule has 0 aliphatic rings. The van der Waals surface area contributed by atoms with Crippen LogP contribution in [0.4, 0.5) is 5.95 Å². The molecule has 0 fully saturated rings. The number of allylic oxidation sites excluding steroid dienone is 1. The first-order valence-corrected chi connectivity index (χ1v) is 6.36. The van der Waals surface area contributed by atoms with E-state index in [1.165, 1.54) is 0 Å². The summed E-state index contributed by atoms with van der Waals surface area (Å²) in [7, 11) is 0. The van der Waals surface area contributed by atoms with Gasteiger partial charge in [-0.1, -0.05) is 6.08 Å². The summed E-state index contributed by atoms with van der Waals surface area (Å²) in [4.78, 5) is 8.84. The van der Waals surface area contributed by atoms with Crippen LogP contribution in [-0.2, 0) is 13.1 Å². The van der Waals surface area contributed by atoms with Crippen LogP contribution in [0.25, 0.3) is 0 Å². The molecule has 90 valence electrons. The minimum atomic E-state index is 0.714. The largest absolute Gasteiger partial charge is 0.349 e. The van der Waals surface area contributed by atoms with Gasteiger partial charge in [0.25, 0.3) is 0 Å². The second-order valence-electron chi connectivity index (χ2n) is 3.88. The van der Waals surface area contributed by atoms with Gasteiger partial charge in [0.05, 0.1) is 12.2 Å². The molecule has 0 aromatic carbocycles. The Bertz CT molecular complexity index is 512. The summed E-state index contributed by atoms with van der Waals surface area (Å²) >= 11 is 1.66. The molecule has 2 rings (SSSR count). The summed E-state index contributed by atoms with van der Waals surface area (Å²) in [5.41, 5.74) is 2.07. The number of anilines is 1. The number of aromatic nitrogens is 3. The van der Waals surface area contributed by atoms with Crippen molar-refractivity contribution in [1.29, 1.82) is 0 Å². The summed E-state index contributed by atoms with van der Waals surface area (Å²) in [5.74, 6) is 0.871. The van der Waals surface area contributed by atoms with E-state index in [1.807, 2.05) is 30.7 Å². The predicted molar refractivity (Wildman–Crippen MR) is 71.3 cm³/mol. The normalized spacial score (nSPS) is 10.5. The fourth-order valence-electron chi connectivity index (χ4n) is 1.60. The van der Waals surface area contributed by atoms with Gasteiger partial charge in [0.2, 0.25) is 5.95 Å². The van der Waals surface area contributed by atoms with Crippen LogP contribution in [0, 0.1) is 13.8 Å². The van der Waals surface area contributed by atoms with Crippen molar-refractivity contribution in [3.8, 4) is 0 Å². The lowest BCUT2D eigenvalue weighted by molar-refractivity contribution is 0.818. The predicted octanol–water partition coefficient (Wildman–Crippen LogP) is 2.75. The number of hydrogen-bond donors (Lipinski definition) is 1. The number of nitrogens with one attached hydrogen (secondary N) is 1. The van der Waals surface area contributed by atoms with Crippen LogP contribution in [0.5, 0.6) is 0 Å². The van der Waals surface area contributed by atoms with Crippen molar-refractivity contribution in [1.82, 2.24) is 14.5 Å². The van der Waals surface area contributed by atoms with E-state index in [-0.39, 0.29) is 0 Å². The van der Waals surface area contributed by atoms with Crippen molar-refractivity contribution < 1.29 is 0 Å². The van der Waals surface area contributed by atoms with Crippen LogP contribution >= 0.6 is 11.3 Å². The number of rotatable bonds is 5. The summed E-state index contributed by atoms with van der Waals surface area (Å²) in [5, 5.41) is 6.43. The summed E-state index contributed by atoms with van der Waals surface area (Å²) in [6.07, 6.45) is 3.87. The summed E-state index contributed by atoms with van der Waals surface area (Å²) in [6, 6.07) is 0. The van der Waals surface area contributed by atoms with Crippen molar-refractivity contribution >= 4 is 17.3 Å². The SMILES string of the molecule is C=CCn1cc(C)nc1NCc1nc(C)cs1. The fourth-order valence-corrected chi connectivity index (χ4v) is 2.32. The second kappa shape index (κ2) is 5.14. The van der Waals surface area contributed by atoms with Gasteiger partial charge in [-0.05, 0) is 13.8 Å². The first-order chi connectivity index (χ1) is 8.19. The van der Waals surface area contributed by atoms with Crippen molar-refractivity contribution in [3.63, 3.8) is 0 Å². The molecule has 0 bridgehead atoms. The third-order valence-electron chi connectivity index (χ3n) is 2.29. The lowest BCUT2D eigenvalue weighted by Crippen LogP contribution is -2.06. The summed E-state index contributed by atoms with van der Waals surface area (Å²) in [6.45, 7) is 9.21. The number of nitrogens with zero attached hydrogens (tertiary/aromatic N) is 3. The molecule has 0 aliphatic carbocycles. The highest BCUT2D eigenvalue weighted by Crippen LogP contribution is 2.13. The van der Waals surface area contributed by atoms with E-state index in [4.69, 9.17) is 0 Å². The molecule has 0 radical (unpaired) electrons. The number of imidazole rings is 1. The molecule has 0 atom stereocenters. The zero-order valence-corrected chi connectivity index (χ0v) is 10.9. The molecular weight excluding hydrogens is 232 g/mol. The van der Waals surface area contributed by atoms with E-state index in [0.717, 1.165) is 28.9 Å². The van der Waals surface area contributed by atoms with Gasteiger partial charge in [-0.15, -0.1) is 17.9 Å². The van der Waals surface area contributed by atoms with Gasteiger partial charge in [-0.3, -0.25) is 0 Å². The molecule has 2 aromatic heterocycles. The number of thiazole rings is 1. The zero-order chi connectivity index (χ0) is 12.3. The average molecular weight is 248 g/mol. The van der Waals surface area contributed by atoms with Crippen LogP contribution in [0.3, 0.4) is 0 Å². The zero-order valence-electron chi connectivity index (χ0n) is 10.1. The lowest BCUT2D eigenvalue weighted by atomic mass is 10.5. The van der Waals surface area contributed by atoms with Gasteiger partial charge in [-0.2, -0.15) is 0 Å². The van der Waals surface area contributed by atoms with Gasteiger partial charge in [0, 0.05) is 23.8 Å². The monoisotopic (exact) mass is 248 g/mol. The molecule has 0 aliphatic heterocycles. The highest BCUT2D eigenvalue weighted by molar-refractivity contribution is 7.09. The molecule has 17 heavy (non-hydrogen) atoms. The first-order valence-electron chi connectivity index (χ1n) is 5.48. The van der Waals surface area contributed by atoms with Crippen molar-refractivity contribution in [2.24, 2.45) is 0 Å². The van der Waals surface area contributed by atoms with E-state index >= 15 is 0 Å². The van der Waals surface area contributed by atoms with Gasteiger partial charge < -0.3 is 9.88 Å². The van der Waals surface area contributed by atoms with E-state index < -0.39 is 0 Å². The Morgan fingerprint density at radius 2 is 2.24 bits per heavy atom. The third-order valence-corrected chi connectivity index (χ3v) is 3.25. The highest BCUT2D eigenvalue weighted by Gasteiger charge is 2.05. The average Bonchev–Trinajstić information content (AvgIpc) is 2.83. The Morgan fingerprint density at radius 1 is 1.41 bits per heavy atom. The standard InChI is InChI=1S/C12H16N4S/c1-4-5-16-7-9(2)15-12(16)13-6-11-14-10(3)8-17-11/h4,7-8H,1,5-6H2,2-3H3,(H,13,15). The molecule has 5 heteroatoms. The maximum atomic E-state index is 4.43. The van der Waals surface area contributed by atoms with Gasteiger partial charge in [0.15, 0.2) is 0 Å². The highest BCUT2D eigenvalue weighted by atomic mass is 32.1. The maximum absolute atomic E-state index is 4.43. The molecular formula is C12H16N4S. The van der Waals surface area contributed by atoms with Gasteiger partial charge in [0.1, 0.15) is 5.01 Å². The molecule has 0 saturated carbocycles. The summed E-state index contributed by atoms with van der Waals surface area (Å²) < 4.78 is 2.04.